The number of nitrogens with one attached hydrogen (secondary N) is 2. The molecule has 1 amide bonds. The summed E-state index contributed by atoms with van der Waals surface area (Å²) in [5, 5.41) is 6.94. The number of nitrogens with zero attached hydrogens (tertiary/aromatic N) is 1. The fourth-order valence-corrected chi connectivity index (χ4v) is 2.58. The molecule has 0 atom stereocenters. The largest absolute Gasteiger partial charge is 0.361 e. The lowest BCUT2D eigenvalue weighted by atomic mass is 10.1. The Labute approximate surface area is 125 Å². The second-order valence-corrected chi connectivity index (χ2v) is 5.59. The van der Waals surface area contributed by atoms with Crippen LogP contribution in [0.4, 0.5) is 5.69 Å². The van der Waals surface area contributed by atoms with E-state index in [1.54, 1.807) is 0 Å². The fourth-order valence-electron chi connectivity index (χ4n) is 2.37. The minimum atomic E-state index is 0.250. The molecular formula is C15H21N3OS. The van der Waals surface area contributed by atoms with Gasteiger partial charge < -0.3 is 15.5 Å². The highest BCUT2D eigenvalue weighted by Crippen LogP contribution is 2.15. The number of benzene rings is 1. The van der Waals surface area contributed by atoms with Gasteiger partial charge in [0.05, 0.1) is 0 Å². The molecule has 1 aliphatic heterocycles. The highest BCUT2D eigenvalue weighted by molar-refractivity contribution is 7.80. The highest BCUT2D eigenvalue weighted by atomic mass is 32.1. The second kappa shape index (κ2) is 6.70. The first-order valence-electron chi connectivity index (χ1n) is 6.96. The SMILES string of the molecule is Cc1ccc(NC(=S)NCCN2CCCC2=O)c(C)c1. The Hall–Kier alpha value is -1.62. The van der Waals surface area contributed by atoms with Crippen molar-refractivity contribution in [2.45, 2.75) is 26.7 Å². The standard InChI is InChI=1S/C15H21N3OS/c1-11-5-6-13(12(2)10-11)17-15(20)16-7-9-18-8-3-4-14(18)19/h5-6,10H,3-4,7-9H2,1-2H3,(H2,16,17,20). The predicted molar refractivity (Wildman–Crippen MR) is 86.0 cm³/mol. The summed E-state index contributed by atoms with van der Waals surface area (Å²) in [7, 11) is 0. The average molecular weight is 291 g/mol. The predicted octanol–water partition coefficient (Wildman–Crippen LogP) is 2.21. The molecule has 1 aromatic carbocycles. The van der Waals surface area contributed by atoms with Gasteiger partial charge in [-0.3, -0.25) is 4.79 Å². The molecule has 20 heavy (non-hydrogen) atoms. The molecule has 0 aromatic heterocycles. The third kappa shape index (κ3) is 3.93. The maximum atomic E-state index is 11.5. The number of carbonyl (C=O) groups excluding carboxylic acids is 1. The lowest BCUT2D eigenvalue weighted by molar-refractivity contribution is -0.127. The van der Waals surface area contributed by atoms with Gasteiger partial charge in [0.15, 0.2) is 5.11 Å². The Kier molecular flexibility index (Phi) is 4.95. The van der Waals surface area contributed by atoms with E-state index in [4.69, 9.17) is 12.2 Å². The average Bonchev–Trinajstić information content (AvgIpc) is 2.79. The molecule has 0 bridgehead atoms. The van der Waals surface area contributed by atoms with Gasteiger partial charge in [-0.15, -0.1) is 0 Å². The molecule has 1 aromatic rings. The Morgan fingerprint density at radius 3 is 2.85 bits per heavy atom. The van der Waals surface area contributed by atoms with Gasteiger partial charge in [-0.2, -0.15) is 0 Å². The first-order chi connectivity index (χ1) is 9.56. The van der Waals surface area contributed by atoms with E-state index in [1.807, 2.05) is 11.0 Å². The number of thiocarbonyl (C=S) groups is 1. The molecule has 1 saturated heterocycles. The number of carbonyl (C=O) groups is 1. The Bertz CT molecular complexity index is 516. The number of amides is 1. The van der Waals surface area contributed by atoms with Crippen LogP contribution in [-0.4, -0.2) is 35.6 Å². The van der Waals surface area contributed by atoms with E-state index >= 15 is 0 Å². The van der Waals surface area contributed by atoms with Crippen molar-refractivity contribution >= 4 is 28.9 Å². The molecule has 1 heterocycles. The Morgan fingerprint density at radius 2 is 2.20 bits per heavy atom. The van der Waals surface area contributed by atoms with Crippen molar-refractivity contribution in [2.75, 3.05) is 25.0 Å². The number of rotatable bonds is 4. The van der Waals surface area contributed by atoms with Crippen LogP contribution in [-0.2, 0) is 4.79 Å². The molecule has 1 aliphatic rings. The lowest BCUT2D eigenvalue weighted by Gasteiger charge is -2.17. The molecule has 1 fully saturated rings. The molecule has 4 nitrogen and oxygen atoms in total. The lowest BCUT2D eigenvalue weighted by Crippen LogP contribution is -2.37. The topological polar surface area (TPSA) is 44.4 Å². The van der Waals surface area contributed by atoms with E-state index < -0.39 is 0 Å². The summed E-state index contributed by atoms with van der Waals surface area (Å²) in [6, 6.07) is 6.21. The summed E-state index contributed by atoms with van der Waals surface area (Å²) >= 11 is 5.27. The van der Waals surface area contributed by atoms with Crippen LogP contribution in [0.5, 0.6) is 0 Å². The van der Waals surface area contributed by atoms with Crippen LogP contribution in [0, 0.1) is 13.8 Å². The summed E-state index contributed by atoms with van der Waals surface area (Å²) in [6.45, 7) is 6.40. The van der Waals surface area contributed by atoms with Gasteiger partial charge in [0.1, 0.15) is 0 Å². The van der Waals surface area contributed by atoms with E-state index in [1.165, 1.54) is 11.1 Å². The maximum absolute atomic E-state index is 11.5. The zero-order valence-corrected chi connectivity index (χ0v) is 12.8. The van der Waals surface area contributed by atoms with Crippen LogP contribution in [0.15, 0.2) is 18.2 Å². The highest BCUT2D eigenvalue weighted by Gasteiger charge is 2.19. The number of hydrogen-bond acceptors (Lipinski definition) is 2. The minimum absolute atomic E-state index is 0.250. The number of anilines is 1. The number of aryl methyl sites for hydroxylation is 2. The van der Waals surface area contributed by atoms with Crippen LogP contribution < -0.4 is 10.6 Å². The molecule has 108 valence electrons. The van der Waals surface area contributed by atoms with Crippen LogP contribution in [0.2, 0.25) is 0 Å². The molecule has 0 radical (unpaired) electrons. The van der Waals surface area contributed by atoms with Gasteiger partial charge in [-0.25, -0.2) is 0 Å². The molecular weight excluding hydrogens is 270 g/mol. The van der Waals surface area contributed by atoms with Gasteiger partial charge in [0.25, 0.3) is 0 Å². The monoisotopic (exact) mass is 291 g/mol. The smallest absolute Gasteiger partial charge is 0.222 e. The maximum Gasteiger partial charge on any atom is 0.222 e. The van der Waals surface area contributed by atoms with Gasteiger partial charge in [-0.1, -0.05) is 17.7 Å². The van der Waals surface area contributed by atoms with Crippen molar-refractivity contribution in [3.05, 3.63) is 29.3 Å². The van der Waals surface area contributed by atoms with Gasteiger partial charge in [0, 0.05) is 31.7 Å². The quantitative estimate of drug-likeness (QED) is 0.835. The summed E-state index contributed by atoms with van der Waals surface area (Å²) in [4.78, 5) is 13.3. The van der Waals surface area contributed by atoms with Crippen molar-refractivity contribution in [3.63, 3.8) is 0 Å². The van der Waals surface area contributed by atoms with E-state index in [0.29, 0.717) is 24.6 Å². The van der Waals surface area contributed by atoms with Crippen molar-refractivity contribution in [1.29, 1.82) is 0 Å². The van der Waals surface area contributed by atoms with Gasteiger partial charge in [0.2, 0.25) is 5.91 Å². The van der Waals surface area contributed by atoms with Crippen LogP contribution in [0.25, 0.3) is 0 Å². The second-order valence-electron chi connectivity index (χ2n) is 5.18. The van der Waals surface area contributed by atoms with Crippen LogP contribution in [0.1, 0.15) is 24.0 Å². The number of hydrogen-bond donors (Lipinski definition) is 2. The normalized spacial score (nSPS) is 14.5. The van der Waals surface area contributed by atoms with Gasteiger partial charge >= 0.3 is 0 Å². The number of likely N-dealkylation sites (tertiary alicyclic amines) is 1. The molecule has 0 unspecified atom stereocenters. The summed E-state index contributed by atoms with van der Waals surface area (Å²) in [5.74, 6) is 0.250. The van der Waals surface area contributed by atoms with Gasteiger partial charge in [-0.05, 0) is 44.1 Å². The fraction of sp³-hybridized carbons (Fsp3) is 0.467. The first-order valence-corrected chi connectivity index (χ1v) is 7.37. The van der Waals surface area contributed by atoms with Crippen LogP contribution in [0.3, 0.4) is 0 Å². The van der Waals surface area contributed by atoms with Crippen molar-refractivity contribution in [2.24, 2.45) is 0 Å². The van der Waals surface area contributed by atoms with E-state index in [2.05, 4.69) is 36.6 Å². The van der Waals surface area contributed by atoms with Crippen molar-refractivity contribution in [1.82, 2.24) is 10.2 Å². The minimum Gasteiger partial charge on any atom is -0.361 e. The molecule has 0 spiro atoms. The van der Waals surface area contributed by atoms with E-state index in [9.17, 15) is 4.79 Å². The summed E-state index contributed by atoms with van der Waals surface area (Å²) < 4.78 is 0. The van der Waals surface area contributed by atoms with E-state index in [-0.39, 0.29) is 5.91 Å². The molecule has 2 rings (SSSR count). The molecule has 0 saturated carbocycles. The molecule has 5 heteroatoms. The zero-order chi connectivity index (χ0) is 14.5. The van der Waals surface area contributed by atoms with Crippen molar-refractivity contribution in [3.8, 4) is 0 Å². The molecule has 2 N–H and O–H groups in total. The Balaban J connectivity index is 1.76. The third-order valence-electron chi connectivity index (χ3n) is 3.47. The van der Waals surface area contributed by atoms with Crippen LogP contribution >= 0.6 is 12.2 Å². The van der Waals surface area contributed by atoms with Crippen molar-refractivity contribution < 1.29 is 4.79 Å². The summed E-state index contributed by atoms with van der Waals surface area (Å²) in [5.41, 5.74) is 3.42. The summed E-state index contributed by atoms with van der Waals surface area (Å²) in [6.07, 6.45) is 1.66. The molecule has 0 aliphatic carbocycles. The van der Waals surface area contributed by atoms with E-state index in [0.717, 1.165) is 18.7 Å². The zero-order valence-electron chi connectivity index (χ0n) is 12.0. The Morgan fingerprint density at radius 1 is 1.40 bits per heavy atom. The third-order valence-corrected chi connectivity index (χ3v) is 3.72. The first kappa shape index (κ1) is 14.8.